The highest BCUT2D eigenvalue weighted by Crippen LogP contribution is 2.57. The van der Waals surface area contributed by atoms with E-state index in [4.69, 9.17) is 69.6 Å². The summed E-state index contributed by atoms with van der Waals surface area (Å²) in [7, 11) is 3.89. The van der Waals surface area contributed by atoms with Crippen molar-refractivity contribution in [3.05, 3.63) is 48.6 Å². The van der Waals surface area contributed by atoms with E-state index in [0.717, 1.165) is 11.3 Å². The quantitative estimate of drug-likeness (QED) is 0.379. The molecule has 0 atom stereocenters. The zero-order valence-corrected chi connectivity index (χ0v) is 18.9. The minimum absolute atomic E-state index is 0.536. The van der Waals surface area contributed by atoms with E-state index in [-0.39, 0.29) is 0 Å². The standard InChI is InChI=1S/C17H16Cl6N4/c1-4-5-14(12-6-8-13(9-7-12)26(2)3)27-11-24-10-25-15(27,16(18,19)20)17(21,22)23/h4-11H,1H2,2-3H3. The average Bonchev–Trinajstić information content (AvgIpc) is 2.58. The summed E-state index contributed by atoms with van der Waals surface area (Å²) in [5.41, 5.74) is 0.410. The second-order valence-corrected chi connectivity index (χ2v) is 10.3. The third-order valence-electron chi connectivity index (χ3n) is 3.85. The number of allylic oxidation sites excluding steroid dienone is 2. The van der Waals surface area contributed by atoms with Crippen molar-refractivity contribution in [3.8, 4) is 0 Å². The molecule has 0 unspecified atom stereocenters. The van der Waals surface area contributed by atoms with E-state index in [9.17, 15) is 0 Å². The van der Waals surface area contributed by atoms with Crippen molar-refractivity contribution in [1.82, 2.24) is 4.90 Å². The molecule has 10 heteroatoms. The highest BCUT2D eigenvalue weighted by molar-refractivity contribution is 6.74. The van der Waals surface area contributed by atoms with Gasteiger partial charge in [-0.15, -0.1) is 0 Å². The van der Waals surface area contributed by atoms with Crippen molar-refractivity contribution < 1.29 is 0 Å². The van der Waals surface area contributed by atoms with Gasteiger partial charge in [0.2, 0.25) is 13.2 Å². The fraction of sp³-hybridized carbons (Fsp3) is 0.294. The number of hydrogen-bond donors (Lipinski definition) is 0. The summed E-state index contributed by atoms with van der Waals surface area (Å²) in [5, 5.41) is 0. The summed E-state index contributed by atoms with van der Waals surface area (Å²) in [4.78, 5) is 11.6. The Morgan fingerprint density at radius 1 is 1.07 bits per heavy atom. The topological polar surface area (TPSA) is 31.2 Å². The van der Waals surface area contributed by atoms with Crippen LogP contribution in [0.2, 0.25) is 0 Å². The molecule has 0 bridgehead atoms. The van der Waals surface area contributed by atoms with Gasteiger partial charge in [0.05, 0.1) is 12.0 Å². The molecule has 0 spiro atoms. The van der Waals surface area contributed by atoms with Gasteiger partial charge < -0.3 is 4.90 Å². The molecule has 4 nitrogen and oxygen atoms in total. The van der Waals surface area contributed by atoms with Crippen LogP contribution in [0.1, 0.15) is 5.56 Å². The number of alkyl halides is 6. The zero-order chi connectivity index (χ0) is 20.5. The summed E-state index contributed by atoms with van der Waals surface area (Å²) in [5.74, 6) is 0. The Kier molecular flexibility index (Phi) is 7.05. The van der Waals surface area contributed by atoms with E-state index < -0.39 is 13.2 Å². The van der Waals surface area contributed by atoms with E-state index in [0.29, 0.717) is 5.70 Å². The molecule has 0 fully saturated rings. The molecular weight excluding hydrogens is 473 g/mol. The second-order valence-electron chi connectivity index (χ2n) is 5.78. The first-order valence-electron chi connectivity index (χ1n) is 7.56. The highest BCUT2D eigenvalue weighted by atomic mass is 35.6. The predicted octanol–water partition coefficient (Wildman–Crippen LogP) is 6.09. The fourth-order valence-corrected chi connectivity index (χ4v) is 4.66. The van der Waals surface area contributed by atoms with Crippen LogP contribution < -0.4 is 4.90 Å². The fourth-order valence-electron chi connectivity index (χ4n) is 2.53. The lowest BCUT2D eigenvalue weighted by atomic mass is 10.1. The molecule has 146 valence electrons. The van der Waals surface area contributed by atoms with Gasteiger partial charge in [-0.2, -0.15) is 0 Å². The normalized spacial score (nSPS) is 17.2. The number of anilines is 1. The number of halogens is 6. The van der Waals surface area contributed by atoms with Crippen LogP contribution in [0.15, 0.2) is 53.0 Å². The van der Waals surface area contributed by atoms with Gasteiger partial charge >= 0.3 is 0 Å². The Balaban J connectivity index is 2.67. The van der Waals surface area contributed by atoms with Crippen LogP contribution in [0.3, 0.4) is 0 Å². The van der Waals surface area contributed by atoms with Crippen LogP contribution in [0.5, 0.6) is 0 Å². The summed E-state index contributed by atoms with van der Waals surface area (Å²) < 4.78 is -4.21. The maximum absolute atomic E-state index is 6.25. The van der Waals surface area contributed by atoms with Crippen molar-refractivity contribution in [2.24, 2.45) is 9.98 Å². The molecule has 27 heavy (non-hydrogen) atoms. The lowest BCUT2D eigenvalue weighted by molar-refractivity contribution is 0.263. The van der Waals surface area contributed by atoms with Gasteiger partial charge in [-0.3, -0.25) is 4.90 Å². The molecule has 2 rings (SSSR count). The van der Waals surface area contributed by atoms with Gasteiger partial charge in [0, 0.05) is 19.8 Å². The van der Waals surface area contributed by atoms with Gasteiger partial charge in [0.15, 0.2) is 0 Å². The molecule has 1 heterocycles. The summed E-state index contributed by atoms with van der Waals surface area (Å²) in [6, 6.07) is 7.64. The Hall–Kier alpha value is -0.620. The lowest BCUT2D eigenvalue weighted by Gasteiger charge is -2.49. The van der Waals surface area contributed by atoms with Gasteiger partial charge in [-0.1, -0.05) is 94.4 Å². The molecule has 0 aromatic heterocycles. The Morgan fingerprint density at radius 3 is 2.07 bits per heavy atom. The monoisotopic (exact) mass is 486 g/mol. The first-order valence-corrected chi connectivity index (χ1v) is 9.82. The average molecular weight is 489 g/mol. The van der Waals surface area contributed by atoms with Crippen molar-refractivity contribution in [2.45, 2.75) is 13.2 Å². The largest absolute Gasteiger partial charge is 0.378 e. The van der Waals surface area contributed by atoms with Gasteiger partial charge in [-0.25, -0.2) is 9.98 Å². The van der Waals surface area contributed by atoms with Crippen LogP contribution in [0.4, 0.5) is 5.69 Å². The number of rotatable bonds is 4. The van der Waals surface area contributed by atoms with Gasteiger partial charge in [0.25, 0.3) is 0 Å². The summed E-state index contributed by atoms with van der Waals surface area (Å²) in [6.45, 7) is 3.75. The Morgan fingerprint density at radius 2 is 1.63 bits per heavy atom. The molecule has 1 aromatic rings. The maximum Gasteiger partial charge on any atom is 0.238 e. The Labute approximate surface area is 188 Å². The number of hydrogen-bond acceptors (Lipinski definition) is 4. The highest BCUT2D eigenvalue weighted by Gasteiger charge is 2.66. The number of aliphatic imine (C=N–C) groups is 2. The van der Waals surface area contributed by atoms with E-state index in [1.54, 1.807) is 12.2 Å². The third-order valence-corrected chi connectivity index (χ3v) is 5.43. The molecule has 0 N–H and O–H groups in total. The Bertz CT molecular complexity index is 758. The maximum atomic E-state index is 6.25. The smallest absolute Gasteiger partial charge is 0.238 e. The first kappa shape index (κ1) is 22.7. The molecule has 0 amide bonds. The third kappa shape index (κ3) is 4.36. The van der Waals surface area contributed by atoms with Gasteiger partial charge in [0.1, 0.15) is 6.34 Å². The van der Waals surface area contributed by atoms with E-state index in [2.05, 4.69) is 16.6 Å². The van der Waals surface area contributed by atoms with Crippen LogP contribution in [-0.2, 0) is 0 Å². The predicted molar refractivity (Wildman–Crippen MR) is 121 cm³/mol. The molecular formula is C17H16Cl6N4. The molecule has 0 aliphatic carbocycles. The molecule has 1 aliphatic heterocycles. The molecule has 0 radical (unpaired) electrons. The van der Waals surface area contributed by atoms with Crippen molar-refractivity contribution in [1.29, 1.82) is 0 Å². The number of nitrogens with zero attached hydrogens (tertiary/aromatic N) is 4. The van der Waals surface area contributed by atoms with Crippen LogP contribution in [-0.4, -0.2) is 44.9 Å². The van der Waals surface area contributed by atoms with E-state index >= 15 is 0 Å². The van der Waals surface area contributed by atoms with Crippen LogP contribution in [0, 0.1) is 0 Å². The molecule has 1 aromatic carbocycles. The van der Waals surface area contributed by atoms with Gasteiger partial charge in [-0.05, 0) is 23.8 Å². The first-order chi connectivity index (χ1) is 12.5. The van der Waals surface area contributed by atoms with Crippen molar-refractivity contribution >= 4 is 93.7 Å². The minimum Gasteiger partial charge on any atom is -0.378 e. The SMILES string of the molecule is C=CC=C(c1ccc(N(C)C)cc1)N1C=NC=NC1(C(Cl)(Cl)Cl)C(Cl)(Cl)Cl. The van der Waals surface area contributed by atoms with Crippen LogP contribution in [0.25, 0.3) is 5.70 Å². The van der Waals surface area contributed by atoms with Crippen LogP contribution >= 0.6 is 69.6 Å². The van der Waals surface area contributed by atoms with E-state index in [1.807, 2.05) is 43.3 Å². The second kappa shape index (κ2) is 8.40. The molecule has 0 saturated carbocycles. The van der Waals surface area contributed by atoms with Crippen molar-refractivity contribution in [3.63, 3.8) is 0 Å². The zero-order valence-electron chi connectivity index (χ0n) is 14.4. The van der Waals surface area contributed by atoms with E-state index in [1.165, 1.54) is 17.6 Å². The number of benzene rings is 1. The summed E-state index contributed by atoms with van der Waals surface area (Å²) >= 11 is 37.5. The molecule has 0 saturated heterocycles. The van der Waals surface area contributed by atoms with Crippen molar-refractivity contribution in [2.75, 3.05) is 19.0 Å². The molecule has 1 aliphatic rings. The lowest BCUT2D eigenvalue weighted by Crippen LogP contribution is -2.63. The summed E-state index contributed by atoms with van der Waals surface area (Å²) in [6.07, 6.45) is 5.84. The minimum atomic E-state index is -2.11.